The van der Waals surface area contributed by atoms with Crippen LogP contribution in [0.4, 0.5) is 5.69 Å². The number of aromatic nitrogens is 1. The highest BCUT2D eigenvalue weighted by molar-refractivity contribution is 5.95. The normalized spacial score (nSPS) is 10.8. The molecule has 5 nitrogen and oxygen atoms in total. The average Bonchev–Trinajstić information content (AvgIpc) is 2.65. The molecular weight excluding hydrogens is 340 g/mol. The Kier molecular flexibility index (Phi) is 5.31. The van der Waals surface area contributed by atoms with Gasteiger partial charge in [-0.15, -0.1) is 0 Å². The Balaban J connectivity index is 2.08. The van der Waals surface area contributed by atoms with Crippen molar-refractivity contribution < 1.29 is 9.53 Å². The molecule has 0 atom stereocenters. The molecule has 0 saturated heterocycles. The molecule has 0 unspecified atom stereocenters. The molecule has 27 heavy (non-hydrogen) atoms. The lowest BCUT2D eigenvalue weighted by molar-refractivity contribution is -0.119. The molecule has 5 heteroatoms. The van der Waals surface area contributed by atoms with Gasteiger partial charge in [0.15, 0.2) is 0 Å². The number of fused-ring (bicyclic) bond motifs is 1. The number of benzene rings is 2. The third kappa shape index (κ3) is 3.58. The molecule has 140 valence electrons. The van der Waals surface area contributed by atoms with Gasteiger partial charge >= 0.3 is 0 Å². The van der Waals surface area contributed by atoms with Crippen LogP contribution in [-0.2, 0) is 11.3 Å². The number of amides is 1. The van der Waals surface area contributed by atoms with E-state index < -0.39 is 0 Å². The molecule has 0 spiro atoms. The number of rotatable bonds is 5. The van der Waals surface area contributed by atoms with Gasteiger partial charge in [0.2, 0.25) is 5.91 Å². The molecule has 1 amide bonds. The van der Waals surface area contributed by atoms with Gasteiger partial charge in [-0.05, 0) is 50.1 Å². The number of ether oxygens (including phenoxy) is 1. The molecule has 0 radical (unpaired) electrons. The number of likely N-dealkylation sites (N-methyl/N-ethyl adjacent to an activating group) is 1. The van der Waals surface area contributed by atoms with E-state index in [-0.39, 0.29) is 18.0 Å². The topological polar surface area (TPSA) is 51.5 Å². The summed E-state index contributed by atoms with van der Waals surface area (Å²) in [5, 5.41) is 0.903. The number of para-hydroxylation sites is 1. The largest absolute Gasteiger partial charge is 0.495 e. The van der Waals surface area contributed by atoms with Crippen molar-refractivity contribution in [1.82, 2.24) is 4.57 Å². The molecule has 0 aliphatic heterocycles. The molecular formula is C22H24N2O3. The summed E-state index contributed by atoms with van der Waals surface area (Å²) in [4.78, 5) is 27.5. The number of anilines is 1. The Hall–Kier alpha value is -3.08. The number of hydrogen-bond donors (Lipinski definition) is 0. The minimum Gasteiger partial charge on any atom is -0.495 e. The maximum Gasteiger partial charge on any atom is 0.251 e. The quantitative estimate of drug-likeness (QED) is 0.694. The van der Waals surface area contributed by atoms with Crippen LogP contribution in [0.2, 0.25) is 0 Å². The second-order valence-corrected chi connectivity index (χ2v) is 6.59. The van der Waals surface area contributed by atoms with Crippen LogP contribution in [0.3, 0.4) is 0 Å². The minimum atomic E-state index is -0.210. The zero-order valence-corrected chi connectivity index (χ0v) is 16.2. The monoisotopic (exact) mass is 364 g/mol. The molecule has 1 heterocycles. The maximum absolute atomic E-state index is 13.1. The van der Waals surface area contributed by atoms with E-state index in [0.29, 0.717) is 17.8 Å². The summed E-state index contributed by atoms with van der Waals surface area (Å²) in [5.41, 5.74) is 3.22. The van der Waals surface area contributed by atoms with Crippen LogP contribution in [-0.4, -0.2) is 24.1 Å². The van der Waals surface area contributed by atoms with Gasteiger partial charge in [0.05, 0.1) is 12.6 Å². The number of methoxy groups -OCH3 is 1. The van der Waals surface area contributed by atoms with Gasteiger partial charge in [0.25, 0.3) is 5.56 Å². The number of aryl methyl sites for hydroxylation is 2. The van der Waals surface area contributed by atoms with E-state index in [9.17, 15) is 9.59 Å². The van der Waals surface area contributed by atoms with E-state index in [2.05, 4.69) is 0 Å². The number of carbonyl (C=O) groups excluding carboxylic acids is 1. The molecule has 0 aliphatic rings. The van der Waals surface area contributed by atoms with Crippen molar-refractivity contribution in [3.05, 3.63) is 70.0 Å². The van der Waals surface area contributed by atoms with Crippen LogP contribution >= 0.6 is 0 Å². The molecule has 0 bridgehead atoms. The SMILES string of the molecule is CCN(C(=O)Cn1c(=O)cc(C)c2cccc(OC)c21)c1cccc(C)c1. The smallest absolute Gasteiger partial charge is 0.251 e. The van der Waals surface area contributed by atoms with Gasteiger partial charge in [0, 0.05) is 23.7 Å². The average molecular weight is 364 g/mol. The van der Waals surface area contributed by atoms with Gasteiger partial charge in [-0.1, -0.05) is 24.3 Å². The fourth-order valence-corrected chi connectivity index (χ4v) is 3.41. The Morgan fingerprint density at radius 2 is 1.85 bits per heavy atom. The van der Waals surface area contributed by atoms with Crippen LogP contribution in [0.1, 0.15) is 18.1 Å². The van der Waals surface area contributed by atoms with Crippen molar-refractivity contribution in [2.75, 3.05) is 18.6 Å². The highest BCUT2D eigenvalue weighted by Gasteiger charge is 2.18. The first-order chi connectivity index (χ1) is 13.0. The van der Waals surface area contributed by atoms with E-state index in [1.54, 1.807) is 24.1 Å². The molecule has 1 aromatic heterocycles. The van der Waals surface area contributed by atoms with E-state index in [1.807, 2.05) is 57.2 Å². The number of pyridine rings is 1. The predicted molar refractivity (Wildman–Crippen MR) is 109 cm³/mol. The Labute approximate surface area is 158 Å². The molecule has 0 N–H and O–H groups in total. The number of carbonyl (C=O) groups is 1. The first-order valence-corrected chi connectivity index (χ1v) is 9.00. The van der Waals surface area contributed by atoms with Crippen LogP contribution in [0.25, 0.3) is 10.9 Å². The van der Waals surface area contributed by atoms with E-state index >= 15 is 0 Å². The lowest BCUT2D eigenvalue weighted by Gasteiger charge is -2.23. The van der Waals surface area contributed by atoms with Gasteiger partial charge in [-0.25, -0.2) is 0 Å². The Morgan fingerprint density at radius 3 is 2.52 bits per heavy atom. The van der Waals surface area contributed by atoms with Gasteiger partial charge in [-0.2, -0.15) is 0 Å². The highest BCUT2D eigenvalue weighted by Crippen LogP contribution is 2.26. The zero-order chi connectivity index (χ0) is 19.6. The zero-order valence-electron chi connectivity index (χ0n) is 16.2. The molecule has 0 fully saturated rings. The van der Waals surface area contributed by atoms with Crippen LogP contribution in [0.5, 0.6) is 5.75 Å². The van der Waals surface area contributed by atoms with Gasteiger partial charge in [-0.3, -0.25) is 14.2 Å². The fraction of sp³-hybridized carbons (Fsp3) is 0.273. The Morgan fingerprint density at radius 1 is 1.11 bits per heavy atom. The second kappa shape index (κ2) is 7.66. The minimum absolute atomic E-state index is 0.0439. The summed E-state index contributed by atoms with van der Waals surface area (Å²) >= 11 is 0. The summed E-state index contributed by atoms with van der Waals surface area (Å²) in [7, 11) is 1.57. The fourth-order valence-electron chi connectivity index (χ4n) is 3.41. The molecule has 3 aromatic rings. The van der Waals surface area contributed by atoms with Crippen molar-refractivity contribution in [2.24, 2.45) is 0 Å². The van der Waals surface area contributed by atoms with Crippen LogP contribution in [0.15, 0.2) is 53.3 Å². The first kappa shape index (κ1) is 18.7. The molecule has 0 aliphatic carbocycles. The van der Waals surface area contributed by atoms with Crippen molar-refractivity contribution in [3.63, 3.8) is 0 Å². The van der Waals surface area contributed by atoms with E-state index in [0.717, 1.165) is 22.2 Å². The summed E-state index contributed by atoms with van der Waals surface area (Å²) in [5.74, 6) is 0.445. The highest BCUT2D eigenvalue weighted by atomic mass is 16.5. The van der Waals surface area contributed by atoms with Crippen molar-refractivity contribution in [3.8, 4) is 5.75 Å². The lowest BCUT2D eigenvalue weighted by Crippen LogP contribution is -2.36. The van der Waals surface area contributed by atoms with Crippen molar-refractivity contribution in [2.45, 2.75) is 27.3 Å². The van der Waals surface area contributed by atoms with Crippen molar-refractivity contribution >= 4 is 22.5 Å². The van der Waals surface area contributed by atoms with Crippen molar-refractivity contribution in [1.29, 1.82) is 0 Å². The second-order valence-electron chi connectivity index (χ2n) is 6.59. The Bertz CT molecular complexity index is 1050. The van der Waals surface area contributed by atoms with Gasteiger partial charge in [0.1, 0.15) is 12.3 Å². The molecule has 3 rings (SSSR count). The standard InChI is InChI=1S/C22H24N2O3/c1-5-23(17-9-6-8-15(2)12-17)21(26)14-24-20(25)13-16(3)18-10-7-11-19(27-4)22(18)24/h6-13H,5,14H2,1-4H3. The van der Waals surface area contributed by atoms with E-state index in [1.165, 1.54) is 4.57 Å². The third-order valence-corrected chi connectivity index (χ3v) is 4.74. The molecule has 2 aromatic carbocycles. The molecule has 0 saturated carbocycles. The summed E-state index contributed by atoms with van der Waals surface area (Å²) in [6.45, 7) is 6.29. The third-order valence-electron chi connectivity index (χ3n) is 4.74. The van der Waals surface area contributed by atoms with Gasteiger partial charge < -0.3 is 9.64 Å². The van der Waals surface area contributed by atoms with Crippen LogP contribution in [0, 0.1) is 13.8 Å². The number of nitrogens with zero attached hydrogens (tertiary/aromatic N) is 2. The first-order valence-electron chi connectivity index (χ1n) is 9.00. The summed E-state index contributed by atoms with van der Waals surface area (Å²) in [6, 6.07) is 15.0. The summed E-state index contributed by atoms with van der Waals surface area (Å²) < 4.78 is 6.96. The van der Waals surface area contributed by atoms with Crippen LogP contribution < -0.4 is 15.2 Å². The predicted octanol–water partition coefficient (Wildman–Crippen LogP) is 3.68. The number of hydrogen-bond acceptors (Lipinski definition) is 3. The maximum atomic E-state index is 13.1. The van der Waals surface area contributed by atoms with E-state index in [4.69, 9.17) is 4.74 Å². The lowest BCUT2D eigenvalue weighted by atomic mass is 10.1. The summed E-state index contributed by atoms with van der Waals surface area (Å²) in [6.07, 6.45) is 0.